The number of benzene rings is 1. The van der Waals surface area contributed by atoms with Gasteiger partial charge < -0.3 is 20.8 Å². The second-order valence-electron chi connectivity index (χ2n) is 5.94. The first-order valence-corrected chi connectivity index (χ1v) is 9.78. The summed E-state index contributed by atoms with van der Waals surface area (Å²) in [4.78, 5) is 42.7. The highest BCUT2D eigenvalue weighted by atomic mass is 31.2. The van der Waals surface area contributed by atoms with Gasteiger partial charge in [-0.2, -0.15) is 0 Å². The summed E-state index contributed by atoms with van der Waals surface area (Å²) >= 11 is 0. The highest BCUT2D eigenvalue weighted by Crippen LogP contribution is 2.42. The largest absolute Gasteiger partial charge is 0.368 e. The number of carbonyl (C=O) groups excluding carboxylic acids is 2. The van der Waals surface area contributed by atoms with Crippen LogP contribution in [0, 0.1) is 0 Å². The molecular weight excluding hydrogens is 345 g/mol. The predicted octanol–water partition coefficient (Wildman–Crippen LogP) is 0.481. The van der Waals surface area contributed by atoms with E-state index in [-0.39, 0.29) is 12.8 Å². The Hall–Kier alpha value is -1.73. The van der Waals surface area contributed by atoms with Crippen molar-refractivity contribution in [2.45, 2.75) is 51.0 Å². The number of rotatable bonds is 10. The number of hydrogen-bond acceptors (Lipinski definition) is 4. The molecule has 0 saturated heterocycles. The van der Waals surface area contributed by atoms with Gasteiger partial charge in [0.05, 0.1) is 6.04 Å². The third kappa shape index (κ3) is 7.36. The zero-order chi connectivity index (χ0) is 19.0. The molecule has 8 nitrogen and oxygen atoms in total. The van der Waals surface area contributed by atoms with Crippen molar-refractivity contribution in [3.8, 4) is 0 Å². The lowest BCUT2D eigenvalue weighted by Gasteiger charge is -2.26. The van der Waals surface area contributed by atoms with Crippen LogP contribution in [-0.4, -0.2) is 39.5 Å². The van der Waals surface area contributed by atoms with Crippen LogP contribution in [-0.2, 0) is 20.6 Å². The van der Waals surface area contributed by atoms with E-state index >= 15 is 0 Å². The molecule has 3 atom stereocenters. The Labute approximate surface area is 147 Å². The topological polar surface area (TPSA) is 142 Å². The standard InChI is InChI=1S/C16H26N3O5P/c1-3-7-14(25(22,23)24)19-13(10-12-8-5-4-6-9-12)16(21)18-11(2)15(17)20/h4-6,8-9,11,13-14,19H,3,7,10H2,1-2H3,(H2,17,20)(H,18,21)(H2,22,23,24)/t11-,13-,14?/m0/s1. The molecule has 140 valence electrons. The van der Waals surface area contributed by atoms with Crippen molar-refractivity contribution in [3.05, 3.63) is 35.9 Å². The summed E-state index contributed by atoms with van der Waals surface area (Å²) in [7, 11) is -4.43. The van der Waals surface area contributed by atoms with Gasteiger partial charge >= 0.3 is 7.60 Å². The smallest absolute Gasteiger partial charge is 0.342 e. The maximum absolute atomic E-state index is 12.5. The zero-order valence-corrected chi connectivity index (χ0v) is 15.3. The Morgan fingerprint density at radius 1 is 1.24 bits per heavy atom. The molecule has 1 aromatic carbocycles. The van der Waals surface area contributed by atoms with E-state index in [9.17, 15) is 23.9 Å². The minimum atomic E-state index is -4.43. The average molecular weight is 371 g/mol. The number of nitrogens with two attached hydrogens (primary N) is 1. The van der Waals surface area contributed by atoms with Crippen LogP contribution >= 0.6 is 7.60 Å². The van der Waals surface area contributed by atoms with Crippen LogP contribution in [0.2, 0.25) is 0 Å². The van der Waals surface area contributed by atoms with Crippen molar-refractivity contribution in [2.75, 3.05) is 0 Å². The van der Waals surface area contributed by atoms with Gasteiger partial charge in [0.15, 0.2) is 0 Å². The van der Waals surface area contributed by atoms with Crippen molar-refractivity contribution in [1.82, 2.24) is 10.6 Å². The van der Waals surface area contributed by atoms with E-state index in [0.29, 0.717) is 6.42 Å². The summed E-state index contributed by atoms with van der Waals surface area (Å²) < 4.78 is 11.7. The van der Waals surface area contributed by atoms with Crippen molar-refractivity contribution >= 4 is 19.4 Å². The normalized spacial score (nSPS) is 15.2. The fourth-order valence-corrected chi connectivity index (χ4v) is 3.29. The number of amides is 2. The van der Waals surface area contributed by atoms with Crippen molar-refractivity contribution < 1.29 is 23.9 Å². The molecule has 1 unspecified atom stereocenters. The number of primary amides is 1. The fraction of sp³-hybridized carbons (Fsp3) is 0.500. The van der Waals surface area contributed by atoms with E-state index in [4.69, 9.17) is 5.73 Å². The monoisotopic (exact) mass is 371 g/mol. The molecule has 0 aliphatic rings. The molecule has 0 heterocycles. The summed E-state index contributed by atoms with van der Waals surface area (Å²) in [6.07, 6.45) is 0.979. The lowest BCUT2D eigenvalue weighted by Crippen LogP contribution is -2.53. The van der Waals surface area contributed by atoms with Crippen molar-refractivity contribution in [2.24, 2.45) is 5.73 Å². The Bertz CT molecular complexity index is 619. The second-order valence-corrected chi connectivity index (χ2v) is 7.74. The predicted molar refractivity (Wildman–Crippen MR) is 94.6 cm³/mol. The number of hydrogen-bond donors (Lipinski definition) is 5. The van der Waals surface area contributed by atoms with Crippen LogP contribution in [0.15, 0.2) is 30.3 Å². The molecule has 6 N–H and O–H groups in total. The van der Waals surface area contributed by atoms with Crippen LogP contribution in [0.25, 0.3) is 0 Å². The van der Waals surface area contributed by atoms with E-state index in [1.165, 1.54) is 6.92 Å². The minimum absolute atomic E-state index is 0.216. The van der Waals surface area contributed by atoms with Gasteiger partial charge in [-0.1, -0.05) is 43.7 Å². The summed E-state index contributed by atoms with van der Waals surface area (Å²) in [6, 6.07) is 7.28. The Morgan fingerprint density at radius 2 is 1.84 bits per heavy atom. The Balaban J connectivity index is 2.98. The van der Waals surface area contributed by atoms with Crippen LogP contribution in [0.1, 0.15) is 32.3 Å². The van der Waals surface area contributed by atoms with Gasteiger partial charge in [0, 0.05) is 0 Å². The van der Waals surface area contributed by atoms with Crippen LogP contribution in [0.3, 0.4) is 0 Å². The van der Waals surface area contributed by atoms with Gasteiger partial charge in [-0.15, -0.1) is 0 Å². The van der Waals surface area contributed by atoms with Gasteiger partial charge in [-0.25, -0.2) is 0 Å². The SMILES string of the molecule is CCCC(N[C@@H](Cc1ccccc1)C(=O)N[C@@H](C)C(N)=O)P(=O)(O)O. The molecule has 0 aliphatic heterocycles. The third-order valence-corrected chi connectivity index (χ3v) is 4.97. The van der Waals surface area contributed by atoms with Crippen LogP contribution in [0.5, 0.6) is 0 Å². The molecule has 0 aromatic heterocycles. The highest BCUT2D eigenvalue weighted by Gasteiger charge is 2.33. The van der Waals surface area contributed by atoms with Gasteiger partial charge in [0.2, 0.25) is 11.8 Å². The number of carbonyl (C=O) groups is 2. The molecule has 1 aromatic rings. The van der Waals surface area contributed by atoms with E-state index in [1.54, 1.807) is 6.92 Å². The molecule has 0 bridgehead atoms. The summed E-state index contributed by atoms with van der Waals surface area (Å²) in [5.41, 5.74) is 5.98. The Kier molecular flexibility index (Phi) is 8.25. The first-order chi connectivity index (χ1) is 11.6. The molecular formula is C16H26N3O5P. The first-order valence-electron chi connectivity index (χ1n) is 8.10. The zero-order valence-electron chi connectivity index (χ0n) is 14.4. The lowest BCUT2D eigenvalue weighted by atomic mass is 10.0. The van der Waals surface area contributed by atoms with Crippen LogP contribution < -0.4 is 16.4 Å². The Morgan fingerprint density at radius 3 is 2.32 bits per heavy atom. The van der Waals surface area contributed by atoms with E-state index in [0.717, 1.165) is 5.56 Å². The summed E-state index contributed by atoms with van der Waals surface area (Å²) in [5.74, 6) is -2.36. The maximum atomic E-state index is 12.5. The summed E-state index contributed by atoms with van der Waals surface area (Å²) in [6.45, 7) is 3.25. The van der Waals surface area contributed by atoms with E-state index < -0.39 is 37.3 Å². The molecule has 25 heavy (non-hydrogen) atoms. The quantitative estimate of drug-likeness (QED) is 0.379. The molecule has 0 aliphatic carbocycles. The van der Waals surface area contributed by atoms with Crippen LogP contribution in [0.4, 0.5) is 0 Å². The van der Waals surface area contributed by atoms with Gasteiger partial charge in [-0.05, 0) is 25.3 Å². The lowest BCUT2D eigenvalue weighted by molar-refractivity contribution is -0.128. The average Bonchev–Trinajstić information content (AvgIpc) is 2.53. The molecule has 1 rings (SSSR count). The maximum Gasteiger partial charge on any atom is 0.342 e. The minimum Gasteiger partial charge on any atom is -0.368 e. The molecule has 0 spiro atoms. The first kappa shape index (κ1) is 21.3. The summed E-state index contributed by atoms with van der Waals surface area (Å²) in [5, 5.41) is 5.23. The van der Waals surface area contributed by atoms with Crippen molar-refractivity contribution in [3.63, 3.8) is 0 Å². The third-order valence-electron chi connectivity index (χ3n) is 3.75. The molecule has 9 heteroatoms. The van der Waals surface area contributed by atoms with Crippen molar-refractivity contribution in [1.29, 1.82) is 0 Å². The van der Waals surface area contributed by atoms with E-state index in [2.05, 4.69) is 10.6 Å². The van der Waals surface area contributed by atoms with Gasteiger partial charge in [0.25, 0.3) is 0 Å². The fourth-order valence-electron chi connectivity index (χ4n) is 2.32. The number of nitrogens with one attached hydrogen (secondary N) is 2. The van der Waals surface area contributed by atoms with Gasteiger partial charge in [0.1, 0.15) is 11.8 Å². The molecule has 0 saturated carbocycles. The molecule has 0 fully saturated rings. The second kappa shape index (κ2) is 9.68. The van der Waals surface area contributed by atoms with Gasteiger partial charge in [-0.3, -0.25) is 19.5 Å². The highest BCUT2D eigenvalue weighted by molar-refractivity contribution is 7.52. The van der Waals surface area contributed by atoms with E-state index in [1.807, 2.05) is 30.3 Å². The molecule has 0 radical (unpaired) electrons. The molecule has 2 amide bonds.